The van der Waals surface area contributed by atoms with E-state index in [1.165, 1.54) is 11.6 Å². The van der Waals surface area contributed by atoms with E-state index in [1.807, 2.05) is 25.1 Å². The summed E-state index contributed by atoms with van der Waals surface area (Å²) in [6.45, 7) is 2.45. The Bertz CT molecular complexity index is 826. The Kier molecular flexibility index (Phi) is 4.39. The highest BCUT2D eigenvalue weighted by molar-refractivity contribution is 5.92. The average molecular weight is 309 g/mol. The number of oxazole rings is 1. The second-order valence-electron chi connectivity index (χ2n) is 5.46. The first-order valence-corrected chi connectivity index (χ1v) is 7.56. The Morgan fingerprint density at radius 2 is 2.00 bits per heavy atom. The van der Waals surface area contributed by atoms with Crippen LogP contribution in [0.4, 0.5) is 0 Å². The molecule has 118 valence electrons. The molecule has 0 spiro atoms. The number of rotatable bonds is 5. The number of amides is 1. The molecule has 1 aromatic heterocycles. The van der Waals surface area contributed by atoms with E-state index in [2.05, 4.69) is 39.9 Å². The number of carbonyl (C=O) groups is 1. The topological polar surface area (TPSA) is 67.2 Å². The summed E-state index contributed by atoms with van der Waals surface area (Å²) < 4.78 is 5.24. The van der Waals surface area contributed by atoms with Gasteiger partial charge in [-0.3, -0.25) is 4.79 Å². The minimum atomic E-state index is -0.239. The smallest absolute Gasteiger partial charge is 0.273 e. The van der Waals surface area contributed by atoms with Crippen molar-refractivity contribution in [2.24, 2.45) is 0 Å². The van der Waals surface area contributed by atoms with Crippen LogP contribution in [0.25, 0.3) is 10.8 Å². The van der Waals surface area contributed by atoms with Gasteiger partial charge in [-0.2, -0.15) is 0 Å². The predicted molar refractivity (Wildman–Crippen MR) is 89.1 cm³/mol. The van der Waals surface area contributed by atoms with Gasteiger partial charge in [0, 0.05) is 0 Å². The van der Waals surface area contributed by atoms with Crippen molar-refractivity contribution in [1.82, 2.24) is 15.6 Å². The highest BCUT2D eigenvalue weighted by Crippen LogP contribution is 2.20. The van der Waals surface area contributed by atoms with E-state index in [4.69, 9.17) is 4.42 Å². The fourth-order valence-corrected chi connectivity index (χ4v) is 2.48. The van der Waals surface area contributed by atoms with Crippen LogP contribution in [0.3, 0.4) is 0 Å². The maximum absolute atomic E-state index is 12.3. The number of benzene rings is 2. The fourth-order valence-electron chi connectivity index (χ4n) is 2.48. The molecule has 0 fully saturated rings. The number of hydrogen-bond donors (Lipinski definition) is 2. The van der Waals surface area contributed by atoms with E-state index < -0.39 is 0 Å². The molecular formula is C18H19N3O2. The normalized spacial score (nSPS) is 12.3. The summed E-state index contributed by atoms with van der Waals surface area (Å²) in [5, 5.41) is 8.22. The Morgan fingerprint density at radius 1 is 1.22 bits per heavy atom. The largest absolute Gasteiger partial charge is 0.447 e. The number of fused-ring (bicyclic) bond motifs is 1. The van der Waals surface area contributed by atoms with Gasteiger partial charge in [-0.05, 0) is 36.4 Å². The fraction of sp³-hybridized carbons (Fsp3) is 0.222. The zero-order valence-corrected chi connectivity index (χ0v) is 13.2. The summed E-state index contributed by atoms with van der Waals surface area (Å²) >= 11 is 0. The summed E-state index contributed by atoms with van der Waals surface area (Å²) in [7, 11) is 1.80. The van der Waals surface area contributed by atoms with E-state index in [0.29, 0.717) is 18.1 Å². The van der Waals surface area contributed by atoms with Crippen LogP contribution in [0, 0.1) is 0 Å². The molecule has 1 atom stereocenters. The van der Waals surface area contributed by atoms with Gasteiger partial charge in [0.1, 0.15) is 6.26 Å². The van der Waals surface area contributed by atoms with Crippen LogP contribution in [0.5, 0.6) is 0 Å². The Balaban J connectivity index is 1.73. The second kappa shape index (κ2) is 6.62. The molecule has 0 radical (unpaired) electrons. The van der Waals surface area contributed by atoms with E-state index in [-0.39, 0.29) is 11.9 Å². The van der Waals surface area contributed by atoms with Crippen LogP contribution < -0.4 is 10.6 Å². The third kappa shape index (κ3) is 3.40. The first kappa shape index (κ1) is 15.2. The lowest BCUT2D eigenvalue weighted by molar-refractivity contribution is 0.0935. The predicted octanol–water partition coefficient (Wildman–Crippen LogP) is 3.04. The summed E-state index contributed by atoms with van der Waals surface area (Å²) in [6, 6.07) is 14.2. The molecule has 3 aromatic rings. The molecule has 23 heavy (non-hydrogen) atoms. The van der Waals surface area contributed by atoms with Gasteiger partial charge in [0.15, 0.2) is 5.69 Å². The zero-order chi connectivity index (χ0) is 16.2. The van der Waals surface area contributed by atoms with E-state index >= 15 is 0 Å². The third-order valence-electron chi connectivity index (χ3n) is 3.73. The highest BCUT2D eigenvalue weighted by Gasteiger charge is 2.15. The summed E-state index contributed by atoms with van der Waals surface area (Å²) in [6.07, 6.45) is 1.38. The first-order chi connectivity index (χ1) is 11.2. The average Bonchev–Trinajstić information content (AvgIpc) is 3.03. The minimum Gasteiger partial charge on any atom is -0.447 e. The van der Waals surface area contributed by atoms with Crippen molar-refractivity contribution >= 4 is 16.7 Å². The number of hydrogen-bond acceptors (Lipinski definition) is 4. The van der Waals surface area contributed by atoms with E-state index in [1.54, 1.807) is 7.05 Å². The van der Waals surface area contributed by atoms with Crippen LogP contribution in [-0.2, 0) is 6.54 Å². The Morgan fingerprint density at radius 3 is 2.78 bits per heavy atom. The van der Waals surface area contributed by atoms with Crippen LogP contribution in [0.2, 0.25) is 0 Å². The van der Waals surface area contributed by atoms with Crippen LogP contribution in [-0.4, -0.2) is 17.9 Å². The standard InChI is InChI=1S/C18H19N3O2/c1-12(14-8-7-13-5-3-4-6-15(13)9-14)20-18(22)16-11-23-17(21-16)10-19-2/h3-9,11-12,19H,10H2,1-2H3,(H,20,22). The summed E-state index contributed by atoms with van der Waals surface area (Å²) in [5.74, 6) is 0.257. The Hall–Kier alpha value is -2.66. The minimum absolute atomic E-state index is 0.114. The lowest BCUT2D eigenvalue weighted by Gasteiger charge is -2.14. The molecule has 0 aliphatic rings. The van der Waals surface area contributed by atoms with Crippen LogP contribution in [0.1, 0.15) is 34.9 Å². The van der Waals surface area contributed by atoms with Gasteiger partial charge in [0.25, 0.3) is 5.91 Å². The van der Waals surface area contributed by atoms with Crippen LogP contribution >= 0.6 is 0 Å². The monoisotopic (exact) mass is 309 g/mol. The third-order valence-corrected chi connectivity index (χ3v) is 3.73. The Labute approximate surface area is 134 Å². The lowest BCUT2D eigenvalue weighted by Crippen LogP contribution is -2.27. The first-order valence-electron chi connectivity index (χ1n) is 7.56. The summed E-state index contributed by atoms with van der Waals surface area (Å²) in [4.78, 5) is 16.4. The number of aromatic nitrogens is 1. The molecule has 2 N–H and O–H groups in total. The molecule has 0 saturated heterocycles. The molecule has 3 rings (SSSR count). The molecule has 0 aliphatic heterocycles. The van der Waals surface area contributed by atoms with Gasteiger partial charge in [0.05, 0.1) is 12.6 Å². The van der Waals surface area contributed by atoms with Crippen molar-refractivity contribution in [3.63, 3.8) is 0 Å². The number of nitrogens with zero attached hydrogens (tertiary/aromatic N) is 1. The van der Waals surface area contributed by atoms with Crippen molar-refractivity contribution in [1.29, 1.82) is 0 Å². The molecule has 0 saturated carbocycles. The van der Waals surface area contributed by atoms with Crippen molar-refractivity contribution in [2.75, 3.05) is 7.05 Å². The van der Waals surface area contributed by atoms with Crippen molar-refractivity contribution < 1.29 is 9.21 Å². The van der Waals surface area contributed by atoms with E-state index in [0.717, 1.165) is 10.9 Å². The van der Waals surface area contributed by atoms with Gasteiger partial charge in [-0.15, -0.1) is 0 Å². The van der Waals surface area contributed by atoms with Gasteiger partial charge in [0.2, 0.25) is 5.89 Å². The maximum Gasteiger partial charge on any atom is 0.273 e. The molecule has 1 amide bonds. The van der Waals surface area contributed by atoms with Gasteiger partial charge < -0.3 is 15.1 Å². The summed E-state index contributed by atoms with van der Waals surface area (Å²) in [5.41, 5.74) is 1.35. The molecule has 0 aliphatic carbocycles. The van der Waals surface area contributed by atoms with Gasteiger partial charge >= 0.3 is 0 Å². The molecule has 1 heterocycles. The highest BCUT2D eigenvalue weighted by atomic mass is 16.3. The number of carbonyl (C=O) groups excluding carboxylic acids is 1. The SMILES string of the molecule is CNCc1nc(C(=O)NC(C)c2ccc3ccccc3c2)co1. The van der Waals surface area contributed by atoms with Gasteiger partial charge in [-0.1, -0.05) is 36.4 Å². The second-order valence-corrected chi connectivity index (χ2v) is 5.46. The molecule has 0 bridgehead atoms. The van der Waals surface area contributed by atoms with Gasteiger partial charge in [-0.25, -0.2) is 4.98 Å². The molecule has 5 nitrogen and oxygen atoms in total. The van der Waals surface area contributed by atoms with E-state index in [9.17, 15) is 4.79 Å². The molecular weight excluding hydrogens is 290 g/mol. The molecule has 2 aromatic carbocycles. The van der Waals surface area contributed by atoms with Crippen molar-refractivity contribution in [2.45, 2.75) is 19.5 Å². The molecule has 5 heteroatoms. The quantitative estimate of drug-likeness (QED) is 0.760. The van der Waals surface area contributed by atoms with Crippen molar-refractivity contribution in [3.8, 4) is 0 Å². The molecule has 1 unspecified atom stereocenters. The maximum atomic E-state index is 12.3. The number of nitrogens with one attached hydrogen (secondary N) is 2. The zero-order valence-electron chi connectivity index (χ0n) is 13.2. The van der Waals surface area contributed by atoms with Crippen LogP contribution in [0.15, 0.2) is 53.1 Å². The lowest BCUT2D eigenvalue weighted by atomic mass is 10.0. The van der Waals surface area contributed by atoms with Crippen molar-refractivity contribution in [3.05, 3.63) is 65.9 Å².